The number of aliphatic hydroxyl groups is 20. The van der Waals surface area contributed by atoms with Crippen LogP contribution in [0.5, 0.6) is 0 Å². The molecule has 11 fully saturated rings. The maximum atomic E-state index is 15.5. The lowest BCUT2D eigenvalue weighted by atomic mass is 9.33. The summed E-state index contributed by atoms with van der Waals surface area (Å²) in [7, 11) is 0. The molecule has 0 aromatic heterocycles. The van der Waals surface area contributed by atoms with E-state index >= 15 is 4.79 Å². The summed E-state index contributed by atoms with van der Waals surface area (Å²) in [4.78, 5) is 27.5. The third-order valence-electron chi connectivity index (χ3n) is 27.6. The lowest BCUT2D eigenvalue weighted by Gasteiger charge is -2.71. The molecule has 7 saturated heterocycles. The molecule has 0 bridgehead atoms. The van der Waals surface area contributed by atoms with Crippen molar-refractivity contribution < 1.29 is 183 Å². The molecule has 12 aliphatic rings. The molecule has 0 unspecified atom stereocenters. The van der Waals surface area contributed by atoms with E-state index in [1.54, 1.807) is 0 Å². The third-order valence-corrected chi connectivity index (χ3v) is 27.6. The number of carbonyl (C=O) groups excluding carboxylic acids is 2. The van der Waals surface area contributed by atoms with Crippen LogP contribution in [-0.4, -0.2) is 369 Å². The molecule has 37 nitrogen and oxygen atoms in total. The van der Waals surface area contributed by atoms with Gasteiger partial charge >= 0.3 is 11.9 Å². The molecular weight excluding hydrogens is 1470 g/mol. The molecule has 42 atom stereocenters. The van der Waals surface area contributed by atoms with Gasteiger partial charge in [-0.3, -0.25) is 9.59 Å². The van der Waals surface area contributed by atoms with Crippen LogP contribution < -0.4 is 0 Å². The number of ether oxygens (including phenoxy) is 15. The normalized spacial score (nSPS) is 52.9. The number of carbonyl (C=O) groups is 2. The second-order valence-corrected chi connectivity index (χ2v) is 34.9. The molecule has 12 rings (SSSR count). The Labute approximate surface area is 635 Å². The lowest BCUT2D eigenvalue weighted by Crippen LogP contribution is -2.67. The number of esters is 2. The van der Waals surface area contributed by atoms with E-state index < -0.39 is 283 Å². The minimum absolute atomic E-state index is 0.0423. The smallest absolute Gasteiger partial charge is 0.315 e. The quantitative estimate of drug-likeness (QED) is 0.0306. The summed E-state index contributed by atoms with van der Waals surface area (Å²) >= 11 is 0. The highest BCUT2D eigenvalue weighted by molar-refractivity contribution is 5.79. The zero-order valence-electron chi connectivity index (χ0n) is 63.2. The number of rotatable bonds is 20. The average Bonchev–Trinajstić information content (AvgIpc) is 0.674. The van der Waals surface area contributed by atoms with Crippen molar-refractivity contribution in [2.45, 2.75) is 341 Å². The van der Waals surface area contributed by atoms with Gasteiger partial charge in [-0.2, -0.15) is 0 Å². The highest BCUT2D eigenvalue weighted by atomic mass is 16.8. The van der Waals surface area contributed by atoms with Crippen LogP contribution in [0.3, 0.4) is 0 Å². The number of fused-ring (bicyclic) bond motifs is 7. The van der Waals surface area contributed by atoms with Crippen LogP contribution in [0, 0.1) is 50.2 Å². The average molecular weight is 1590 g/mol. The van der Waals surface area contributed by atoms with Gasteiger partial charge in [0.25, 0.3) is 0 Å². The molecule has 7 heterocycles. The number of allylic oxidation sites excluding steroid dienone is 2. The number of hydrogen-bond acceptors (Lipinski definition) is 37. The summed E-state index contributed by atoms with van der Waals surface area (Å²) in [6, 6.07) is 0. The fraction of sp³-hybridized carbons (Fsp3) is 0.945. The summed E-state index contributed by atoms with van der Waals surface area (Å²) < 4.78 is 89.9. The van der Waals surface area contributed by atoms with Gasteiger partial charge in [0.2, 0.25) is 6.29 Å². The fourth-order valence-corrected chi connectivity index (χ4v) is 20.7. The van der Waals surface area contributed by atoms with Gasteiger partial charge in [-0.1, -0.05) is 60.1 Å². The predicted molar refractivity (Wildman–Crippen MR) is 363 cm³/mol. The minimum atomic E-state index is -2.09. The van der Waals surface area contributed by atoms with Gasteiger partial charge in [0.1, 0.15) is 165 Å². The van der Waals surface area contributed by atoms with Crippen LogP contribution >= 0.6 is 0 Å². The molecule has 37 heteroatoms. The molecule has 632 valence electrons. The van der Waals surface area contributed by atoms with Crippen molar-refractivity contribution in [1.29, 1.82) is 0 Å². The Kier molecular flexibility index (Phi) is 26.2. The van der Waals surface area contributed by atoms with Crippen molar-refractivity contribution in [2.24, 2.45) is 50.2 Å². The number of hydrogen-bond donors (Lipinski definition) is 20. The SMILES string of the molecule is CC(=O)OC[C@H]1O[C@@H](OC[C@H]2O[C@@H](OC(=O)[C@]34CCC(C)(C)C[C@H]3C3=CC[C@@H]5[C@@]6(C)CC[C@H](O[C@@H]7OC[C@H](O)[C@H](O[C@@H]8O[C@H](CO)[C@@H](O)[C@H](O[C@@H]9O[C@H](CO)[C@@H](O)[C@H](O)[C@H]9O)[C@H]8O)[C@H]7O[C@@H]7O[C@H](CO)[C@@H](O)[C@H](O)[C@H]7O)C(C)(C)[C@@H]6CC[C@@]5(C)[C@]3(C)CC4)[C@H](O)[C@@H](O)[C@@H]2O)[C@H](O)[C@@H](O)[C@@H]1O[C@@H]1O[C@@H](C)[C@H](O)[C@@H](O)[C@H]1O. The molecule has 0 aromatic rings. The van der Waals surface area contributed by atoms with E-state index in [0.717, 1.165) is 18.9 Å². The summed E-state index contributed by atoms with van der Waals surface area (Å²) in [6.45, 7) is 13.5. The first-order valence-corrected chi connectivity index (χ1v) is 38.5. The van der Waals surface area contributed by atoms with Crippen molar-refractivity contribution in [3.63, 3.8) is 0 Å². The largest absolute Gasteiger partial charge is 0.463 e. The first-order chi connectivity index (χ1) is 51.6. The van der Waals surface area contributed by atoms with Crippen molar-refractivity contribution in [2.75, 3.05) is 39.6 Å². The maximum absolute atomic E-state index is 15.5. The monoisotopic (exact) mass is 1590 g/mol. The Bertz CT molecular complexity index is 3150. The van der Waals surface area contributed by atoms with Crippen molar-refractivity contribution in [3.05, 3.63) is 11.6 Å². The van der Waals surface area contributed by atoms with E-state index in [4.69, 9.17) is 71.1 Å². The van der Waals surface area contributed by atoms with E-state index in [0.29, 0.717) is 57.8 Å². The Hall–Kier alpha value is -2.64. The number of aliphatic hydroxyl groups excluding tert-OH is 20. The first-order valence-electron chi connectivity index (χ1n) is 38.5. The Morgan fingerprint density at radius 2 is 0.955 bits per heavy atom. The Morgan fingerprint density at radius 1 is 0.455 bits per heavy atom. The van der Waals surface area contributed by atoms with E-state index in [1.807, 2.05) is 0 Å². The zero-order valence-corrected chi connectivity index (χ0v) is 63.2. The topological polar surface area (TPSA) is 577 Å². The van der Waals surface area contributed by atoms with E-state index in [1.165, 1.54) is 6.92 Å². The summed E-state index contributed by atoms with van der Waals surface area (Å²) in [5.41, 5.74) is -2.18. The summed E-state index contributed by atoms with van der Waals surface area (Å²) in [6.07, 6.45) is -52.7. The second-order valence-electron chi connectivity index (χ2n) is 34.9. The van der Waals surface area contributed by atoms with E-state index in [9.17, 15) is 107 Å². The van der Waals surface area contributed by atoms with Crippen molar-refractivity contribution in [3.8, 4) is 0 Å². The Balaban J connectivity index is 0.752. The van der Waals surface area contributed by atoms with Crippen LogP contribution in [0.2, 0.25) is 0 Å². The summed E-state index contributed by atoms with van der Waals surface area (Å²) in [5.74, 6) is -1.79. The van der Waals surface area contributed by atoms with Crippen LogP contribution in [0.25, 0.3) is 0 Å². The van der Waals surface area contributed by atoms with Gasteiger partial charge in [0.05, 0.1) is 50.7 Å². The molecular formula is C73H118O37. The maximum Gasteiger partial charge on any atom is 0.315 e. The highest BCUT2D eigenvalue weighted by Crippen LogP contribution is 2.76. The van der Waals surface area contributed by atoms with Gasteiger partial charge in [0, 0.05) is 6.92 Å². The van der Waals surface area contributed by atoms with Gasteiger partial charge in [-0.05, 0) is 116 Å². The Morgan fingerprint density at radius 3 is 1.55 bits per heavy atom. The predicted octanol–water partition coefficient (Wildman–Crippen LogP) is -6.33. The van der Waals surface area contributed by atoms with Crippen LogP contribution in [0.15, 0.2) is 11.6 Å². The first kappa shape index (κ1) is 86.7. The second kappa shape index (κ2) is 33.3. The molecule has 0 amide bonds. The summed E-state index contributed by atoms with van der Waals surface area (Å²) in [5, 5.41) is 219. The van der Waals surface area contributed by atoms with Crippen LogP contribution in [0.4, 0.5) is 0 Å². The van der Waals surface area contributed by atoms with Gasteiger partial charge in [-0.25, -0.2) is 0 Å². The van der Waals surface area contributed by atoms with Crippen LogP contribution in [0.1, 0.15) is 127 Å². The van der Waals surface area contributed by atoms with Gasteiger partial charge in [-0.15, -0.1) is 0 Å². The molecule has 20 N–H and O–H groups in total. The standard InChI is InChI=1S/C73H118O37/c1-27-40(79)45(84)50(89)61(99-27)107-57-36(26-96-28(2)77)104-60(54(93)49(57)88)98-25-35-43(82)48(87)53(92)64(103-35)110-67(95)73-18-16-68(3,4)20-30(73)29-10-11-38-70(7)14-13-39(69(5,6)37(70)12-15-72(38,9)71(29,8)17-19-73)105-66-59(109-63-52(91)47(86)42(81)33(22-75)101-63)56(31(78)24-97-66)106-65-55(94)58(44(83)34(23-76)102-65)108-62-51(90)46(85)41(80)32(21-74)100-62/h10,27,30-66,74-76,78-94H,11-26H2,1-9H3/t27-,30-,31-,32+,33+,34+,35+,36+,37-,38+,39-,40-,41+,42+,43+,44+,45+,46-,47-,48-,49+,50+,51+,52+,53+,54+,55+,56-,57+,58-,59+,60+,61-,62-,63-,64-,65-,66-,70-,71+,72+,73-/m0/s1. The molecule has 110 heavy (non-hydrogen) atoms. The molecule has 0 spiro atoms. The van der Waals surface area contributed by atoms with Crippen molar-refractivity contribution in [1.82, 2.24) is 0 Å². The molecule has 4 saturated carbocycles. The fourth-order valence-electron chi connectivity index (χ4n) is 20.7. The van der Waals surface area contributed by atoms with Gasteiger partial charge < -0.3 is 173 Å². The van der Waals surface area contributed by atoms with Crippen LogP contribution in [-0.2, 0) is 80.6 Å². The van der Waals surface area contributed by atoms with E-state index in [-0.39, 0.29) is 34.0 Å². The molecule has 7 aliphatic heterocycles. The molecule has 0 radical (unpaired) electrons. The lowest BCUT2D eigenvalue weighted by molar-refractivity contribution is -0.397. The van der Waals surface area contributed by atoms with Gasteiger partial charge in [0.15, 0.2) is 37.7 Å². The third kappa shape index (κ3) is 15.6. The van der Waals surface area contributed by atoms with Crippen molar-refractivity contribution >= 4 is 11.9 Å². The molecule has 0 aromatic carbocycles. The zero-order chi connectivity index (χ0) is 80.3. The molecule has 5 aliphatic carbocycles. The highest BCUT2D eigenvalue weighted by Gasteiger charge is 2.71. The minimum Gasteiger partial charge on any atom is -0.463 e. The van der Waals surface area contributed by atoms with E-state index in [2.05, 4.69) is 54.5 Å².